The predicted molar refractivity (Wildman–Crippen MR) is 106 cm³/mol. The van der Waals surface area contributed by atoms with E-state index in [1.54, 1.807) is 42.2 Å². The van der Waals surface area contributed by atoms with Gasteiger partial charge < -0.3 is 4.90 Å². The minimum atomic E-state index is -3.54. The van der Waals surface area contributed by atoms with Crippen molar-refractivity contribution in [2.75, 3.05) is 45.0 Å². The standard InChI is InChI=1S/C18H27N3O5S2/c1-2-27(23,24)20-10-8-16(9-11-20)18(22)19-12-14-21(15-13-19)28(25,26)17-6-4-3-5-7-17/h3-7,16H,2,8-15H2,1H3. The number of sulfonamides is 2. The van der Waals surface area contributed by atoms with E-state index in [0.717, 1.165) is 0 Å². The second-order valence-corrected chi connectivity index (χ2v) is 11.3. The van der Waals surface area contributed by atoms with Crippen LogP contribution in [0.3, 0.4) is 0 Å². The number of nitrogens with zero attached hydrogens (tertiary/aromatic N) is 3. The molecule has 3 rings (SSSR count). The minimum absolute atomic E-state index is 0.00491. The lowest BCUT2D eigenvalue weighted by atomic mass is 9.96. The molecular weight excluding hydrogens is 402 g/mol. The molecule has 1 aromatic rings. The van der Waals surface area contributed by atoms with E-state index in [1.165, 1.54) is 8.61 Å². The molecule has 8 nitrogen and oxygen atoms in total. The first kappa shape index (κ1) is 21.2. The molecule has 0 unspecified atom stereocenters. The van der Waals surface area contributed by atoms with Crippen molar-refractivity contribution in [3.05, 3.63) is 30.3 Å². The molecule has 0 atom stereocenters. The van der Waals surface area contributed by atoms with Crippen molar-refractivity contribution in [3.63, 3.8) is 0 Å². The summed E-state index contributed by atoms with van der Waals surface area (Å²) in [7, 11) is -6.75. The molecule has 2 saturated heterocycles. The second-order valence-electron chi connectivity index (χ2n) is 7.12. The maximum atomic E-state index is 12.8. The molecular formula is C18H27N3O5S2. The molecule has 0 saturated carbocycles. The molecule has 10 heteroatoms. The SMILES string of the molecule is CCS(=O)(=O)N1CCC(C(=O)N2CCN(S(=O)(=O)c3ccccc3)CC2)CC1. The number of hydrogen-bond donors (Lipinski definition) is 0. The Labute approximate surface area is 167 Å². The van der Waals surface area contributed by atoms with Gasteiger partial charge in [-0.05, 0) is 31.9 Å². The van der Waals surface area contributed by atoms with E-state index >= 15 is 0 Å². The second kappa shape index (κ2) is 8.48. The van der Waals surface area contributed by atoms with Gasteiger partial charge in [0.25, 0.3) is 0 Å². The minimum Gasteiger partial charge on any atom is -0.340 e. The van der Waals surface area contributed by atoms with Gasteiger partial charge in [0, 0.05) is 45.2 Å². The van der Waals surface area contributed by atoms with Crippen LogP contribution < -0.4 is 0 Å². The van der Waals surface area contributed by atoms with Crippen LogP contribution in [0.1, 0.15) is 19.8 Å². The van der Waals surface area contributed by atoms with Crippen molar-refractivity contribution in [1.29, 1.82) is 0 Å². The van der Waals surface area contributed by atoms with Crippen LogP contribution in [0.15, 0.2) is 35.2 Å². The Bertz CT molecular complexity index is 886. The third-order valence-electron chi connectivity index (χ3n) is 5.49. The van der Waals surface area contributed by atoms with Crippen LogP contribution >= 0.6 is 0 Å². The lowest BCUT2D eigenvalue weighted by molar-refractivity contribution is -0.137. The number of benzene rings is 1. The number of amides is 1. The van der Waals surface area contributed by atoms with Gasteiger partial charge in [-0.3, -0.25) is 4.79 Å². The fraction of sp³-hybridized carbons (Fsp3) is 0.611. The monoisotopic (exact) mass is 429 g/mol. The van der Waals surface area contributed by atoms with Crippen molar-refractivity contribution in [2.24, 2.45) is 5.92 Å². The fourth-order valence-corrected chi connectivity index (χ4v) is 6.29. The molecule has 0 bridgehead atoms. The Morgan fingerprint density at radius 3 is 2.00 bits per heavy atom. The Kier molecular flexibility index (Phi) is 6.43. The summed E-state index contributed by atoms with van der Waals surface area (Å²) in [5.74, 6) is -0.116. The Balaban J connectivity index is 1.55. The lowest BCUT2D eigenvalue weighted by Gasteiger charge is -2.37. The predicted octanol–water partition coefficient (Wildman–Crippen LogP) is 0.581. The highest BCUT2D eigenvalue weighted by atomic mass is 32.2. The Morgan fingerprint density at radius 2 is 1.46 bits per heavy atom. The van der Waals surface area contributed by atoms with E-state index in [-0.39, 0.29) is 35.6 Å². The quantitative estimate of drug-likeness (QED) is 0.682. The van der Waals surface area contributed by atoms with E-state index in [2.05, 4.69) is 0 Å². The normalized spacial score (nSPS) is 21.0. The van der Waals surface area contributed by atoms with Gasteiger partial charge in [0.15, 0.2) is 0 Å². The highest BCUT2D eigenvalue weighted by Crippen LogP contribution is 2.24. The molecule has 2 heterocycles. The zero-order chi connectivity index (χ0) is 20.4. The zero-order valence-electron chi connectivity index (χ0n) is 16.0. The summed E-state index contributed by atoms with van der Waals surface area (Å²) < 4.78 is 52.1. The van der Waals surface area contributed by atoms with Gasteiger partial charge in [0.1, 0.15) is 0 Å². The average molecular weight is 430 g/mol. The van der Waals surface area contributed by atoms with Crippen molar-refractivity contribution in [3.8, 4) is 0 Å². The molecule has 2 aliphatic rings. The van der Waals surface area contributed by atoms with Crippen LogP contribution in [0.4, 0.5) is 0 Å². The number of carbonyl (C=O) groups is 1. The smallest absolute Gasteiger partial charge is 0.243 e. The molecule has 0 N–H and O–H groups in total. The van der Waals surface area contributed by atoms with Crippen LogP contribution in [0.2, 0.25) is 0 Å². The van der Waals surface area contributed by atoms with Crippen molar-refractivity contribution < 1.29 is 21.6 Å². The first-order valence-corrected chi connectivity index (χ1v) is 12.6. The van der Waals surface area contributed by atoms with Gasteiger partial charge in [0.2, 0.25) is 26.0 Å². The van der Waals surface area contributed by atoms with E-state index in [0.29, 0.717) is 39.0 Å². The molecule has 1 aromatic carbocycles. The maximum absolute atomic E-state index is 12.8. The molecule has 2 fully saturated rings. The van der Waals surface area contributed by atoms with Crippen molar-refractivity contribution in [1.82, 2.24) is 13.5 Å². The third kappa shape index (κ3) is 4.40. The molecule has 1 amide bonds. The van der Waals surface area contributed by atoms with Gasteiger partial charge in [-0.2, -0.15) is 4.31 Å². The third-order valence-corrected chi connectivity index (χ3v) is 9.29. The fourth-order valence-electron chi connectivity index (χ4n) is 3.71. The molecule has 28 heavy (non-hydrogen) atoms. The van der Waals surface area contributed by atoms with Crippen molar-refractivity contribution in [2.45, 2.75) is 24.7 Å². The maximum Gasteiger partial charge on any atom is 0.243 e. The van der Waals surface area contributed by atoms with Crippen LogP contribution in [-0.4, -0.2) is 81.3 Å². The lowest BCUT2D eigenvalue weighted by Crippen LogP contribution is -2.53. The van der Waals surface area contributed by atoms with Gasteiger partial charge in [-0.15, -0.1) is 0 Å². The largest absolute Gasteiger partial charge is 0.340 e. The van der Waals surface area contributed by atoms with Crippen molar-refractivity contribution >= 4 is 26.0 Å². The van der Waals surface area contributed by atoms with E-state index in [1.807, 2.05) is 0 Å². The molecule has 156 valence electrons. The summed E-state index contributed by atoms with van der Waals surface area (Å²) in [4.78, 5) is 14.8. The summed E-state index contributed by atoms with van der Waals surface area (Å²) in [6.07, 6.45) is 1.03. The van der Waals surface area contributed by atoms with Crippen LogP contribution in [0, 0.1) is 5.92 Å². The molecule has 0 aromatic heterocycles. The average Bonchev–Trinajstić information content (AvgIpc) is 2.74. The molecule has 0 spiro atoms. The summed E-state index contributed by atoms with van der Waals surface area (Å²) in [5, 5.41) is 0. The molecule has 0 radical (unpaired) electrons. The number of rotatable bonds is 5. The number of piperazine rings is 1. The van der Waals surface area contributed by atoms with E-state index in [9.17, 15) is 21.6 Å². The first-order valence-electron chi connectivity index (χ1n) is 9.57. The summed E-state index contributed by atoms with van der Waals surface area (Å²) in [6.45, 7) is 3.62. The number of carbonyl (C=O) groups excluding carboxylic acids is 1. The first-order chi connectivity index (χ1) is 13.3. The zero-order valence-corrected chi connectivity index (χ0v) is 17.7. The molecule has 0 aliphatic carbocycles. The number of piperidine rings is 1. The van der Waals surface area contributed by atoms with Gasteiger partial charge >= 0.3 is 0 Å². The number of hydrogen-bond acceptors (Lipinski definition) is 5. The van der Waals surface area contributed by atoms with Crippen LogP contribution in [0.5, 0.6) is 0 Å². The van der Waals surface area contributed by atoms with Crippen LogP contribution in [0.25, 0.3) is 0 Å². The van der Waals surface area contributed by atoms with Gasteiger partial charge in [0.05, 0.1) is 10.6 Å². The Hall–Kier alpha value is -1.49. The summed E-state index contributed by atoms with van der Waals surface area (Å²) in [6, 6.07) is 8.30. The van der Waals surface area contributed by atoms with E-state index in [4.69, 9.17) is 0 Å². The summed E-state index contributed by atoms with van der Waals surface area (Å²) in [5.41, 5.74) is 0. The van der Waals surface area contributed by atoms with Crippen LogP contribution in [-0.2, 0) is 24.8 Å². The topological polar surface area (TPSA) is 95.1 Å². The highest BCUT2D eigenvalue weighted by Gasteiger charge is 2.35. The molecule has 2 aliphatic heterocycles. The van der Waals surface area contributed by atoms with Gasteiger partial charge in [-0.25, -0.2) is 21.1 Å². The van der Waals surface area contributed by atoms with Gasteiger partial charge in [-0.1, -0.05) is 18.2 Å². The van der Waals surface area contributed by atoms with E-state index < -0.39 is 20.0 Å². The highest BCUT2D eigenvalue weighted by molar-refractivity contribution is 7.89. The summed E-state index contributed by atoms with van der Waals surface area (Å²) >= 11 is 0. The Morgan fingerprint density at radius 1 is 0.893 bits per heavy atom.